The van der Waals surface area contributed by atoms with Gasteiger partial charge in [0, 0.05) is 17.7 Å². The van der Waals surface area contributed by atoms with Crippen molar-refractivity contribution < 1.29 is 9.90 Å². The Kier molecular flexibility index (Phi) is 3.16. The number of benzene rings is 1. The first-order valence-electron chi connectivity index (χ1n) is 5.82. The third kappa shape index (κ3) is 2.04. The van der Waals surface area contributed by atoms with Crippen molar-refractivity contribution in [1.82, 2.24) is 0 Å². The second-order valence-corrected chi connectivity index (χ2v) is 4.12. The van der Waals surface area contributed by atoms with Crippen molar-refractivity contribution in [2.45, 2.75) is 31.8 Å². The molecule has 1 aliphatic rings. The van der Waals surface area contributed by atoms with Crippen molar-refractivity contribution in [2.75, 3.05) is 5.32 Å². The fraction of sp³-hybridized carbons (Fsp3) is 0.357. The Balaban J connectivity index is 2.29. The molecule has 2 rings (SSSR count). The number of nitrogens with one attached hydrogen (secondary N) is 1. The van der Waals surface area contributed by atoms with Crippen molar-refractivity contribution in [3.05, 3.63) is 29.8 Å². The van der Waals surface area contributed by atoms with Gasteiger partial charge in [-0.05, 0) is 12.5 Å². The summed E-state index contributed by atoms with van der Waals surface area (Å²) in [6, 6.07) is 7.09. The van der Waals surface area contributed by atoms with Crippen LogP contribution in [0.4, 0.5) is 5.69 Å². The molecule has 1 unspecified atom stereocenters. The summed E-state index contributed by atoms with van der Waals surface area (Å²) in [6.45, 7) is 2.08. The summed E-state index contributed by atoms with van der Waals surface area (Å²) in [6.07, 6.45) is 2.73. The Labute approximate surface area is 101 Å². The molecule has 1 heterocycles. The molecule has 3 nitrogen and oxygen atoms in total. The lowest BCUT2D eigenvalue weighted by Gasteiger charge is -2.12. The molecule has 0 saturated heterocycles. The summed E-state index contributed by atoms with van der Waals surface area (Å²) < 4.78 is 0. The molecule has 0 aromatic heterocycles. The van der Waals surface area contributed by atoms with Gasteiger partial charge in [-0.2, -0.15) is 0 Å². The van der Waals surface area contributed by atoms with Gasteiger partial charge in [0.1, 0.15) is 0 Å². The van der Waals surface area contributed by atoms with Gasteiger partial charge in [0.05, 0.1) is 0 Å². The maximum Gasteiger partial charge on any atom is 0.274 e. The normalized spacial score (nSPS) is 21.4. The van der Waals surface area contributed by atoms with E-state index >= 15 is 0 Å². The van der Waals surface area contributed by atoms with Gasteiger partial charge in [0.15, 0.2) is 0 Å². The summed E-state index contributed by atoms with van der Waals surface area (Å²) in [5.41, 5.74) is -0.483. The summed E-state index contributed by atoms with van der Waals surface area (Å²) in [7, 11) is 0. The van der Waals surface area contributed by atoms with Crippen LogP contribution in [0, 0.1) is 11.8 Å². The average molecular weight is 229 g/mol. The van der Waals surface area contributed by atoms with E-state index in [0.29, 0.717) is 17.7 Å². The van der Waals surface area contributed by atoms with Crippen LogP contribution in [0.25, 0.3) is 0 Å². The van der Waals surface area contributed by atoms with Crippen LogP contribution in [-0.2, 0) is 10.4 Å². The molecular formula is C14H15NO2. The van der Waals surface area contributed by atoms with Crippen molar-refractivity contribution >= 4 is 11.6 Å². The minimum atomic E-state index is -1.68. The molecule has 0 bridgehead atoms. The molecule has 0 radical (unpaired) electrons. The quantitative estimate of drug-likeness (QED) is 0.602. The molecule has 1 aromatic rings. The van der Waals surface area contributed by atoms with Gasteiger partial charge in [-0.25, -0.2) is 0 Å². The smallest absolute Gasteiger partial charge is 0.274 e. The van der Waals surface area contributed by atoms with E-state index in [1.165, 1.54) is 0 Å². The van der Waals surface area contributed by atoms with E-state index in [4.69, 9.17) is 0 Å². The molecule has 1 aromatic carbocycles. The maximum absolute atomic E-state index is 11.8. The van der Waals surface area contributed by atoms with Crippen LogP contribution in [0.1, 0.15) is 31.7 Å². The van der Waals surface area contributed by atoms with Crippen molar-refractivity contribution in [2.24, 2.45) is 0 Å². The van der Waals surface area contributed by atoms with E-state index < -0.39 is 11.5 Å². The predicted molar refractivity (Wildman–Crippen MR) is 66.3 cm³/mol. The van der Waals surface area contributed by atoms with Crippen LogP contribution in [0.2, 0.25) is 0 Å². The predicted octanol–water partition coefficient (Wildman–Crippen LogP) is 2.02. The van der Waals surface area contributed by atoms with E-state index in [1.807, 2.05) is 6.07 Å². The SMILES string of the molecule is CCCCC#CC1(O)C(=O)Nc2ccccc21. The zero-order valence-corrected chi connectivity index (χ0v) is 9.79. The average Bonchev–Trinajstić information content (AvgIpc) is 2.59. The van der Waals surface area contributed by atoms with E-state index in [2.05, 4.69) is 24.1 Å². The van der Waals surface area contributed by atoms with E-state index in [0.717, 1.165) is 12.8 Å². The first kappa shape index (κ1) is 11.7. The third-order valence-electron chi connectivity index (χ3n) is 2.82. The zero-order valence-electron chi connectivity index (χ0n) is 9.79. The summed E-state index contributed by atoms with van der Waals surface area (Å²) in [4.78, 5) is 11.8. The van der Waals surface area contributed by atoms with E-state index in [9.17, 15) is 9.90 Å². The number of anilines is 1. The molecule has 2 N–H and O–H groups in total. The number of unbranched alkanes of at least 4 members (excludes halogenated alkanes) is 2. The van der Waals surface area contributed by atoms with Crippen LogP contribution in [-0.4, -0.2) is 11.0 Å². The largest absolute Gasteiger partial charge is 0.366 e. The molecule has 0 saturated carbocycles. The van der Waals surface area contributed by atoms with Gasteiger partial charge in [0.2, 0.25) is 5.60 Å². The monoisotopic (exact) mass is 229 g/mol. The number of rotatable bonds is 2. The van der Waals surface area contributed by atoms with Crippen LogP contribution in [0.5, 0.6) is 0 Å². The highest BCUT2D eigenvalue weighted by molar-refractivity contribution is 6.07. The van der Waals surface area contributed by atoms with E-state index in [-0.39, 0.29) is 0 Å². The molecule has 17 heavy (non-hydrogen) atoms. The molecule has 0 fully saturated rings. The third-order valence-corrected chi connectivity index (χ3v) is 2.82. The molecule has 3 heteroatoms. The number of fused-ring (bicyclic) bond motifs is 1. The van der Waals surface area contributed by atoms with Gasteiger partial charge in [-0.3, -0.25) is 4.79 Å². The molecule has 0 aliphatic carbocycles. The lowest BCUT2D eigenvalue weighted by atomic mass is 9.96. The number of hydrogen-bond donors (Lipinski definition) is 2. The van der Waals surface area contributed by atoms with Crippen molar-refractivity contribution in [3.63, 3.8) is 0 Å². The van der Waals surface area contributed by atoms with Gasteiger partial charge >= 0.3 is 0 Å². The van der Waals surface area contributed by atoms with Gasteiger partial charge < -0.3 is 10.4 Å². The number of carbonyl (C=O) groups is 1. The fourth-order valence-corrected chi connectivity index (χ4v) is 1.82. The van der Waals surface area contributed by atoms with Crippen LogP contribution >= 0.6 is 0 Å². The summed E-state index contributed by atoms with van der Waals surface area (Å²) >= 11 is 0. The zero-order chi connectivity index (χ0) is 12.3. The maximum atomic E-state index is 11.8. The first-order chi connectivity index (χ1) is 8.18. The first-order valence-corrected chi connectivity index (χ1v) is 5.82. The molecular weight excluding hydrogens is 214 g/mol. The minimum absolute atomic E-state index is 0.456. The fourth-order valence-electron chi connectivity index (χ4n) is 1.82. The Hall–Kier alpha value is -1.79. The summed E-state index contributed by atoms with van der Waals surface area (Å²) in [5.74, 6) is 5.12. The lowest BCUT2D eigenvalue weighted by Crippen LogP contribution is -2.32. The topological polar surface area (TPSA) is 49.3 Å². The minimum Gasteiger partial charge on any atom is -0.366 e. The molecule has 1 amide bonds. The number of para-hydroxylation sites is 1. The van der Waals surface area contributed by atoms with Gasteiger partial charge in [0.25, 0.3) is 5.91 Å². The molecule has 88 valence electrons. The van der Waals surface area contributed by atoms with Crippen LogP contribution in [0.3, 0.4) is 0 Å². The highest BCUT2D eigenvalue weighted by atomic mass is 16.3. The Morgan fingerprint density at radius 1 is 1.41 bits per heavy atom. The van der Waals surface area contributed by atoms with Gasteiger partial charge in [-0.15, -0.1) is 0 Å². The van der Waals surface area contributed by atoms with Crippen LogP contribution < -0.4 is 5.32 Å². The second-order valence-electron chi connectivity index (χ2n) is 4.12. The Bertz CT molecular complexity index is 498. The highest BCUT2D eigenvalue weighted by Crippen LogP contribution is 2.34. The van der Waals surface area contributed by atoms with Gasteiger partial charge in [-0.1, -0.05) is 43.4 Å². The molecule has 1 atom stereocenters. The van der Waals surface area contributed by atoms with Crippen LogP contribution in [0.15, 0.2) is 24.3 Å². The number of amides is 1. The van der Waals surface area contributed by atoms with Crippen molar-refractivity contribution in [1.29, 1.82) is 0 Å². The lowest BCUT2D eigenvalue weighted by molar-refractivity contribution is -0.128. The Morgan fingerprint density at radius 3 is 2.94 bits per heavy atom. The summed E-state index contributed by atoms with van der Waals surface area (Å²) in [5, 5.41) is 13.0. The van der Waals surface area contributed by atoms with E-state index in [1.54, 1.807) is 18.2 Å². The number of aliphatic hydroxyl groups is 1. The molecule has 1 aliphatic heterocycles. The van der Waals surface area contributed by atoms with Crippen molar-refractivity contribution in [3.8, 4) is 11.8 Å². The molecule has 0 spiro atoms. The number of carbonyl (C=O) groups excluding carboxylic acids is 1. The standard InChI is InChI=1S/C14H15NO2/c1-2-3-4-7-10-14(17)11-8-5-6-9-12(11)15-13(14)16/h5-6,8-9,17H,2-4H2,1H3,(H,15,16). The highest BCUT2D eigenvalue weighted by Gasteiger charge is 2.43. The number of hydrogen-bond acceptors (Lipinski definition) is 2. The Morgan fingerprint density at radius 2 is 2.18 bits per heavy atom. The second kappa shape index (κ2) is 4.60.